The van der Waals surface area contributed by atoms with E-state index < -0.39 is 21.7 Å². The van der Waals surface area contributed by atoms with Crippen molar-refractivity contribution < 1.29 is 17.6 Å². The van der Waals surface area contributed by atoms with Gasteiger partial charge in [0, 0.05) is 10.2 Å². The van der Waals surface area contributed by atoms with Gasteiger partial charge in [-0.3, -0.25) is 9.52 Å². The molecule has 3 rings (SSSR count). The third-order valence-corrected chi connectivity index (χ3v) is 7.72. The highest BCUT2D eigenvalue weighted by Crippen LogP contribution is 2.35. The van der Waals surface area contributed by atoms with E-state index in [-0.39, 0.29) is 15.5 Å². The van der Waals surface area contributed by atoms with E-state index in [1.165, 1.54) is 42.5 Å². The Balaban J connectivity index is 1.87. The SMILES string of the molecule is O=C(Nc1ccc(F)cc1)c1ccccc1NS(=O)(=O)c1cc(Br)c(Cl)s1. The molecule has 5 nitrogen and oxygen atoms in total. The number of hydrogen-bond donors (Lipinski definition) is 2. The second-order valence-electron chi connectivity index (χ2n) is 5.30. The van der Waals surface area contributed by atoms with E-state index in [9.17, 15) is 17.6 Å². The van der Waals surface area contributed by atoms with Crippen LogP contribution in [0.5, 0.6) is 0 Å². The fourth-order valence-corrected chi connectivity index (χ4v) is 5.54. The van der Waals surface area contributed by atoms with Gasteiger partial charge < -0.3 is 5.32 Å². The lowest BCUT2D eigenvalue weighted by atomic mass is 10.1. The van der Waals surface area contributed by atoms with Crippen molar-refractivity contribution >= 4 is 66.2 Å². The van der Waals surface area contributed by atoms with Gasteiger partial charge in [-0.1, -0.05) is 23.7 Å². The highest BCUT2D eigenvalue weighted by Gasteiger charge is 2.22. The van der Waals surface area contributed by atoms with Crippen molar-refractivity contribution in [1.29, 1.82) is 0 Å². The predicted octanol–water partition coefficient (Wildman–Crippen LogP) is 5.36. The van der Waals surface area contributed by atoms with Gasteiger partial charge in [0.15, 0.2) is 0 Å². The molecule has 3 aromatic rings. The number of halogens is 3. The van der Waals surface area contributed by atoms with Crippen molar-refractivity contribution in [2.75, 3.05) is 10.0 Å². The number of thiophene rings is 1. The minimum atomic E-state index is -3.93. The minimum absolute atomic E-state index is 0.00752. The van der Waals surface area contributed by atoms with Gasteiger partial charge in [0.1, 0.15) is 14.4 Å². The lowest BCUT2D eigenvalue weighted by Gasteiger charge is -2.12. The fourth-order valence-electron chi connectivity index (χ4n) is 2.16. The zero-order valence-corrected chi connectivity index (χ0v) is 17.3. The number of amides is 1. The second-order valence-corrected chi connectivity index (χ2v) is 9.72. The van der Waals surface area contributed by atoms with Crippen LogP contribution in [0.3, 0.4) is 0 Å². The Morgan fingerprint density at radius 2 is 1.78 bits per heavy atom. The van der Waals surface area contributed by atoms with Crippen LogP contribution in [0.15, 0.2) is 63.3 Å². The molecule has 0 atom stereocenters. The zero-order valence-electron chi connectivity index (χ0n) is 13.4. The van der Waals surface area contributed by atoms with Crippen LogP contribution in [-0.4, -0.2) is 14.3 Å². The summed E-state index contributed by atoms with van der Waals surface area (Å²) in [7, 11) is -3.93. The number of benzene rings is 2. The van der Waals surface area contributed by atoms with E-state index in [0.29, 0.717) is 14.5 Å². The average Bonchev–Trinajstić information content (AvgIpc) is 2.97. The number of sulfonamides is 1. The van der Waals surface area contributed by atoms with Crippen molar-refractivity contribution in [2.45, 2.75) is 4.21 Å². The molecule has 1 aromatic heterocycles. The molecule has 0 aliphatic carbocycles. The third kappa shape index (κ3) is 4.67. The molecule has 10 heteroatoms. The van der Waals surface area contributed by atoms with Gasteiger partial charge in [-0.2, -0.15) is 0 Å². The van der Waals surface area contributed by atoms with Crippen LogP contribution in [0, 0.1) is 5.82 Å². The van der Waals surface area contributed by atoms with Gasteiger partial charge in [-0.15, -0.1) is 11.3 Å². The normalized spacial score (nSPS) is 11.2. The first-order chi connectivity index (χ1) is 12.8. The molecule has 0 saturated heterocycles. The fraction of sp³-hybridized carbons (Fsp3) is 0. The van der Waals surface area contributed by atoms with E-state index >= 15 is 0 Å². The van der Waals surface area contributed by atoms with Crippen LogP contribution >= 0.6 is 38.9 Å². The van der Waals surface area contributed by atoms with Gasteiger partial charge >= 0.3 is 0 Å². The van der Waals surface area contributed by atoms with Crippen molar-refractivity contribution in [1.82, 2.24) is 0 Å². The molecule has 2 aromatic carbocycles. The van der Waals surface area contributed by atoms with Gasteiger partial charge in [0.25, 0.3) is 15.9 Å². The standard InChI is InChI=1S/C17H11BrClFN2O3S2/c18-13-9-15(26-16(13)19)27(24,25)22-14-4-2-1-3-12(14)17(23)21-11-7-5-10(20)6-8-11/h1-9,22H,(H,21,23). The Bertz CT molecular complexity index is 1080. The maximum Gasteiger partial charge on any atom is 0.271 e. The quantitative estimate of drug-likeness (QED) is 0.507. The summed E-state index contributed by atoms with van der Waals surface area (Å²) >= 11 is 9.97. The predicted molar refractivity (Wildman–Crippen MR) is 109 cm³/mol. The molecule has 0 unspecified atom stereocenters. The number of hydrogen-bond acceptors (Lipinski definition) is 4. The highest BCUT2D eigenvalue weighted by atomic mass is 79.9. The number of carbonyl (C=O) groups excluding carboxylic acids is 1. The topological polar surface area (TPSA) is 75.3 Å². The molecule has 2 N–H and O–H groups in total. The summed E-state index contributed by atoms with van der Waals surface area (Å²) < 4.78 is 41.3. The number of nitrogens with one attached hydrogen (secondary N) is 2. The molecular weight excluding hydrogens is 479 g/mol. The molecule has 0 fully saturated rings. The summed E-state index contributed by atoms with van der Waals surface area (Å²) in [5, 5.41) is 2.60. The number of rotatable bonds is 5. The first kappa shape index (κ1) is 19.8. The first-order valence-corrected chi connectivity index (χ1v) is 10.9. The van der Waals surface area contributed by atoms with E-state index in [4.69, 9.17) is 11.6 Å². The smallest absolute Gasteiger partial charge is 0.271 e. The molecular formula is C17H11BrClFN2O3S2. The Kier molecular flexibility index (Phi) is 5.85. The molecule has 0 radical (unpaired) electrons. The summed E-state index contributed by atoms with van der Waals surface area (Å²) in [6.07, 6.45) is 0. The molecule has 0 aliphatic heterocycles. The van der Waals surface area contributed by atoms with E-state index in [1.54, 1.807) is 12.1 Å². The molecule has 0 aliphatic rings. The Morgan fingerprint density at radius 3 is 2.41 bits per heavy atom. The molecule has 0 bridgehead atoms. The van der Waals surface area contributed by atoms with Crippen molar-refractivity contribution in [2.24, 2.45) is 0 Å². The van der Waals surface area contributed by atoms with Gasteiger partial charge in [-0.05, 0) is 58.4 Å². The number of para-hydroxylation sites is 1. The lowest BCUT2D eigenvalue weighted by Crippen LogP contribution is -2.18. The van der Waals surface area contributed by atoms with Gasteiger partial charge in [0.2, 0.25) is 0 Å². The lowest BCUT2D eigenvalue weighted by molar-refractivity contribution is 0.102. The number of carbonyl (C=O) groups is 1. The maximum atomic E-state index is 13.0. The van der Waals surface area contributed by atoms with Crippen LogP contribution in [0.4, 0.5) is 15.8 Å². The largest absolute Gasteiger partial charge is 0.322 e. The Hall–Kier alpha value is -1.94. The second kappa shape index (κ2) is 7.97. The van der Waals surface area contributed by atoms with Gasteiger partial charge in [0.05, 0.1) is 11.3 Å². The van der Waals surface area contributed by atoms with Crippen molar-refractivity contribution in [3.63, 3.8) is 0 Å². The minimum Gasteiger partial charge on any atom is -0.322 e. The average molecular weight is 490 g/mol. The monoisotopic (exact) mass is 488 g/mol. The van der Waals surface area contributed by atoms with E-state index in [2.05, 4.69) is 26.0 Å². The van der Waals surface area contributed by atoms with Crippen LogP contribution in [0.2, 0.25) is 4.34 Å². The molecule has 1 amide bonds. The molecule has 0 saturated carbocycles. The summed E-state index contributed by atoms with van der Waals surface area (Å²) in [4.78, 5) is 12.5. The molecule has 27 heavy (non-hydrogen) atoms. The summed E-state index contributed by atoms with van der Waals surface area (Å²) in [5.74, 6) is -0.966. The maximum absolute atomic E-state index is 13.0. The van der Waals surface area contributed by atoms with Crippen molar-refractivity contribution in [3.8, 4) is 0 Å². The molecule has 1 heterocycles. The first-order valence-electron chi connectivity index (χ1n) is 7.40. The van der Waals surface area contributed by atoms with Crippen LogP contribution in [0.1, 0.15) is 10.4 Å². The summed E-state index contributed by atoms with van der Waals surface area (Å²) in [5.41, 5.74) is 0.609. The molecule has 140 valence electrons. The summed E-state index contributed by atoms with van der Waals surface area (Å²) in [6, 6.07) is 12.8. The highest BCUT2D eigenvalue weighted by molar-refractivity contribution is 9.10. The third-order valence-electron chi connectivity index (χ3n) is 3.41. The number of anilines is 2. The van der Waals surface area contributed by atoms with Crippen LogP contribution in [-0.2, 0) is 10.0 Å². The Morgan fingerprint density at radius 1 is 1.11 bits per heavy atom. The molecule has 0 spiro atoms. The van der Waals surface area contributed by atoms with Crippen molar-refractivity contribution in [3.05, 3.63) is 74.8 Å². The van der Waals surface area contributed by atoms with Gasteiger partial charge in [-0.25, -0.2) is 12.8 Å². The van der Waals surface area contributed by atoms with Crippen LogP contribution in [0.25, 0.3) is 0 Å². The van der Waals surface area contributed by atoms with Crippen LogP contribution < -0.4 is 10.0 Å². The zero-order chi connectivity index (χ0) is 19.6. The van der Waals surface area contributed by atoms with E-state index in [1.807, 2.05) is 0 Å². The summed E-state index contributed by atoms with van der Waals surface area (Å²) in [6.45, 7) is 0. The van der Waals surface area contributed by atoms with E-state index in [0.717, 1.165) is 11.3 Å². The Labute approximate surface area is 172 Å².